The zero-order chi connectivity index (χ0) is 13.1. The van der Waals surface area contributed by atoms with Crippen LogP contribution in [0.3, 0.4) is 0 Å². The number of piperazine rings is 1. The summed E-state index contributed by atoms with van der Waals surface area (Å²) in [4.78, 5) is 15.5. The maximum Gasteiger partial charge on any atom is 0.339 e. The number of carbonyl (C=O) groups is 1. The van der Waals surface area contributed by atoms with Gasteiger partial charge in [-0.25, -0.2) is 4.79 Å². The van der Waals surface area contributed by atoms with Gasteiger partial charge in [0.1, 0.15) is 5.56 Å². The van der Waals surface area contributed by atoms with Crippen LogP contribution in [0.4, 0.5) is 5.82 Å². The summed E-state index contributed by atoms with van der Waals surface area (Å²) in [6, 6.07) is 1.94. The zero-order valence-corrected chi connectivity index (χ0v) is 10.7. The van der Waals surface area contributed by atoms with Gasteiger partial charge in [-0.3, -0.25) is 4.90 Å². The molecule has 0 aliphatic carbocycles. The molecule has 1 N–H and O–H groups in total. The van der Waals surface area contributed by atoms with Gasteiger partial charge in [0.25, 0.3) is 0 Å². The monoisotopic (exact) mass is 250 g/mol. The van der Waals surface area contributed by atoms with Crippen LogP contribution in [-0.4, -0.2) is 58.9 Å². The summed E-state index contributed by atoms with van der Waals surface area (Å²) in [5.41, 5.74) is 0.226. The molecule has 1 aromatic heterocycles. The summed E-state index contributed by atoms with van der Waals surface area (Å²) in [5, 5.41) is 17.0. The van der Waals surface area contributed by atoms with Crippen LogP contribution in [-0.2, 0) is 0 Å². The molecular formula is C12H18N4O2. The molecule has 0 aromatic carbocycles. The van der Waals surface area contributed by atoms with Gasteiger partial charge < -0.3 is 10.0 Å². The summed E-state index contributed by atoms with van der Waals surface area (Å²) in [6.45, 7) is 4.63. The average Bonchev–Trinajstić information content (AvgIpc) is 2.39. The highest BCUT2D eigenvalue weighted by atomic mass is 16.4. The normalized spacial score (nSPS) is 21.0. The van der Waals surface area contributed by atoms with E-state index in [4.69, 9.17) is 5.11 Å². The predicted molar refractivity (Wildman–Crippen MR) is 67.9 cm³/mol. The third-order valence-corrected chi connectivity index (χ3v) is 3.48. The number of rotatable bonds is 3. The second-order valence-electron chi connectivity index (χ2n) is 4.56. The molecule has 18 heavy (non-hydrogen) atoms. The summed E-state index contributed by atoms with van der Waals surface area (Å²) >= 11 is 0. The third kappa shape index (κ3) is 2.43. The van der Waals surface area contributed by atoms with Crippen molar-refractivity contribution in [3.05, 3.63) is 17.8 Å². The molecule has 0 amide bonds. The van der Waals surface area contributed by atoms with Crippen molar-refractivity contribution >= 4 is 11.8 Å². The van der Waals surface area contributed by atoms with E-state index in [1.54, 1.807) is 0 Å². The Labute approximate surface area is 106 Å². The SMILES string of the molecule is CCC1CN(c2nnccc2C(=O)O)CCN1C. The van der Waals surface area contributed by atoms with Gasteiger partial charge in [0.2, 0.25) is 0 Å². The molecule has 1 aromatic rings. The Morgan fingerprint density at radius 1 is 1.56 bits per heavy atom. The van der Waals surface area contributed by atoms with Crippen molar-refractivity contribution in [2.24, 2.45) is 0 Å². The molecule has 0 saturated carbocycles. The van der Waals surface area contributed by atoms with Gasteiger partial charge in [-0.05, 0) is 19.5 Å². The first kappa shape index (κ1) is 12.8. The third-order valence-electron chi connectivity index (χ3n) is 3.48. The number of anilines is 1. The number of likely N-dealkylation sites (N-methyl/N-ethyl adjacent to an activating group) is 1. The number of hydrogen-bond acceptors (Lipinski definition) is 5. The second-order valence-corrected chi connectivity index (χ2v) is 4.56. The van der Waals surface area contributed by atoms with E-state index in [1.807, 2.05) is 4.90 Å². The number of nitrogens with zero attached hydrogens (tertiary/aromatic N) is 4. The minimum absolute atomic E-state index is 0.226. The van der Waals surface area contributed by atoms with Crippen molar-refractivity contribution in [2.45, 2.75) is 19.4 Å². The van der Waals surface area contributed by atoms with Crippen LogP contribution in [0.25, 0.3) is 0 Å². The van der Waals surface area contributed by atoms with Crippen molar-refractivity contribution in [1.82, 2.24) is 15.1 Å². The minimum atomic E-state index is -0.952. The van der Waals surface area contributed by atoms with E-state index in [1.165, 1.54) is 12.3 Å². The largest absolute Gasteiger partial charge is 0.478 e. The maximum atomic E-state index is 11.2. The molecule has 1 atom stereocenters. The van der Waals surface area contributed by atoms with Crippen LogP contribution in [0.5, 0.6) is 0 Å². The Balaban J connectivity index is 2.24. The number of aromatic carboxylic acids is 1. The molecule has 1 aliphatic heterocycles. The number of aromatic nitrogens is 2. The highest BCUT2D eigenvalue weighted by molar-refractivity contribution is 5.93. The van der Waals surface area contributed by atoms with Crippen LogP contribution in [0.15, 0.2) is 12.3 Å². The van der Waals surface area contributed by atoms with Crippen LogP contribution in [0.1, 0.15) is 23.7 Å². The lowest BCUT2D eigenvalue weighted by Gasteiger charge is -2.39. The Morgan fingerprint density at radius 3 is 3.00 bits per heavy atom. The van der Waals surface area contributed by atoms with E-state index in [-0.39, 0.29) is 5.56 Å². The highest BCUT2D eigenvalue weighted by Crippen LogP contribution is 2.20. The quantitative estimate of drug-likeness (QED) is 0.852. The van der Waals surface area contributed by atoms with Gasteiger partial charge in [0.15, 0.2) is 5.82 Å². The molecule has 0 spiro atoms. The molecule has 98 valence electrons. The number of carboxylic acids is 1. The maximum absolute atomic E-state index is 11.2. The Bertz CT molecular complexity index is 438. The fraction of sp³-hybridized carbons (Fsp3) is 0.583. The topological polar surface area (TPSA) is 69.6 Å². The lowest BCUT2D eigenvalue weighted by Crippen LogP contribution is -2.51. The molecule has 1 unspecified atom stereocenters. The molecule has 0 bridgehead atoms. The molecule has 6 heteroatoms. The van der Waals surface area contributed by atoms with Gasteiger partial charge in [-0.15, -0.1) is 5.10 Å². The van der Waals surface area contributed by atoms with E-state index in [0.717, 1.165) is 26.1 Å². The first-order valence-corrected chi connectivity index (χ1v) is 6.13. The first-order valence-electron chi connectivity index (χ1n) is 6.13. The molecule has 1 fully saturated rings. The summed E-state index contributed by atoms with van der Waals surface area (Å²) in [7, 11) is 2.10. The van der Waals surface area contributed by atoms with Crippen LogP contribution in [0, 0.1) is 0 Å². The van der Waals surface area contributed by atoms with Gasteiger partial charge in [0.05, 0.1) is 6.20 Å². The molecule has 1 saturated heterocycles. The van der Waals surface area contributed by atoms with Crippen molar-refractivity contribution in [2.75, 3.05) is 31.6 Å². The molecule has 2 rings (SSSR count). The van der Waals surface area contributed by atoms with E-state index < -0.39 is 5.97 Å². The fourth-order valence-corrected chi connectivity index (χ4v) is 2.30. The minimum Gasteiger partial charge on any atom is -0.478 e. The smallest absolute Gasteiger partial charge is 0.339 e. The molecule has 1 aliphatic rings. The summed E-state index contributed by atoms with van der Waals surface area (Å²) in [5.74, 6) is -0.469. The molecule has 2 heterocycles. The van der Waals surface area contributed by atoms with Crippen molar-refractivity contribution in [3.8, 4) is 0 Å². The lowest BCUT2D eigenvalue weighted by atomic mass is 10.1. The standard InChI is InChI=1S/C12H18N4O2/c1-3-9-8-16(7-6-15(9)2)11-10(12(17)18)4-5-13-14-11/h4-5,9H,3,6-8H2,1-2H3,(H,17,18). The molecule has 6 nitrogen and oxygen atoms in total. The van der Waals surface area contributed by atoms with Crippen molar-refractivity contribution in [3.63, 3.8) is 0 Å². The summed E-state index contributed by atoms with van der Waals surface area (Å²) in [6.07, 6.45) is 2.45. The fourth-order valence-electron chi connectivity index (χ4n) is 2.30. The van der Waals surface area contributed by atoms with Crippen LogP contribution in [0.2, 0.25) is 0 Å². The van der Waals surface area contributed by atoms with Gasteiger partial charge in [0, 0.05) is 25.7 Å². The second kappa shape index (κ2) is 5.30. The first-order chi connectivity index (χ1) is 8.63. The zero-order valence-electron chi connectivity index (χ0n) is 10.7. The molecule has 0 radical (unpaired) electrons. The molecular weight excluding hydrogens is 232 g/mol. The van der Waals surface area contributed by atoms with E-state index in [2.05, 4.69) is 29.1 Å². The number of hydrogen-bond donors (Lipinski definition) is 1. The summed E-state index contributed by atoms with van der Waals surface area (Å²) < 4.78 is 0. The van der Waals surface area contributed by atoms with Gasteiger partial charge >= 0.3 is 5.97 Å². The van der Waals surface area contributed by atoms with Crippen molar-refractivity contribution < 1.29 is 9.90 Å². The number of carboxylic acid groups (broad SMARTS) is 1. The predicted octanol–water partition coefficient (Wildman–Crippen LogP) is 0.705. The van der Waals surface area contributed by atoms with E-state index in [0.29, 0.717) is 11.9 Å². The lowest BCUT2D eigenvalue weighted by molar-refractivity contribution is 0.0696. The van der Waals surface area contributed by atoms with Gasteiger partial charge in [-0.2, -0.15) is 5.10 Å². The van der Waals surface area contributed by atoms with E-state index in [9.17, 15) is 4.79 Å². The van der Waals surface area contributed by atoms with Gasteiger partial charge in [-0.1, -0.05) is 6.92 Å². The van der Waals surface area contributed by atoms with Crippen LogP contribution >= 0.6 is 0 Å². The Morgan fingerprint density at radius 2 is 2.33 bits per heavy atom. The Kier molecular flexibility index (Phi) is 3.76. The average molecular weight is 250 g/mol. The van der Waals surface area contributed by atoms with E-state index >= 15 is 0 Å². The van der Waals surface area contributed by atoms with Crippen LogP contribution < -0.4 is 4.90 Å². The Hall–Kier alpha value is -1.69. The highest BCUT2D eigenvalue weighted by Gasteiger charge is 2.26. The van der Waals surface area contributed by atoms with Crippen molar-refractivity contribution in [1.29, 1.82) is 0 Å².